The molecule has 0 saturated heterocycles. The minimum absolute atomic E-state index is 0.264. The van der Waals surface area contributed by atoms with Crippen LogP contribution in [0.25, 0.3) is 0 Å². The molecule has 0 spiro atoms. The summed E-state index contributed by atoms with van der Waals surface area (Å²) >= 11 is 6.84. The summed E-state index contributed by atoms with van der Waals surface area (Å²) in [5, 5.41) is 0. The number of rotatable bonds is 3. The molecular formula is C13H14Br2O. The quantitative estimate of drug-likeness (QED) is 0.706. The van der Waals surface area contributed by atoms with Crippen molar-refractivity contribution in [2.24, 2.45) is 5.92 Å². The molecule has 0 aromatic heterocycles. The lowest BCUT2D eigenvalue weighted by molar-refractivity contribution is 0.0961. The molecule has 1 aliphatic carbocycles. The lowest BCUT2D eigenvalue weighted by Crippen LogP contribution is -2.06. The van der Waals surface area contributed by atoms with Crippen molar-refractivity contribution in [3.05, 3.63) is 32.7 Å². The Bertz CT molecular complexity index is 395. The highest BCUT2D eigenvalue weighted by molar-refractivity contribution is 9.11. The van der Waals surface area contributed by atoms with Gasteiger partial charge in [-0.15, -0.1) is 0 Å². The first-order valence-electron chi connectivity index (χ1n) is 5.65. The molecular weight excluding hydrogens is 332 g/mol. The van der Waals surface area contributed by atoms with E-state index >= 15 is 0 Å². The minimum Gasteiger partial charge on any atom is -0.294 e. The summed E-state index contributed by atoms with van der Waals surface area (Å²) < 4.78 is 1.86. The second-order valence-electron chi connectivity index (χ2n) is 4.40. The molecule has 0 amide bonds. The summed E-state index contributed by atoms with van der Waals surface area (Å²) in [7, 11) is 0. The van der Waals surface area contributed by atoms with Gasteiger partial charge in [-0.2, -0.15) is 0 Å². The molecule has 3 heteroatoms. The lowest BCUT2D eigenvalue weighted by atomic mass is 9.97. The molecule has 16 heavy (non-hydrogen) atoms. The molecule has 1 nitrogen and oxygen atoms in total. The Morgan fingerprint density at radius 1 is 1.25 bits per heavy atom. The van der Waals surface area contributed by atoms with Crippen LogP contribution in [0.3, 0.4) is 0 Å². The van der Waals surface area contributed by atoms with Gasteiger partial charge in [-0.25, -0.2) is 0 Å². The Morgan fingerprint density at radius 3 is 2.62 bits per heavy atom. The molecule has 1 aliphatic rings. The normalized spacial score (nSPS) is 16.6. The fraction of sp³-hybridized carbons (Fsp3) is 0.462. The largest absolute Gasteiger partial charge is 0.294 e. The van der Waals surface area contributed by atoms with E-state index in [4.69, 9.17) is 0 Å². The molecule has 1 aromatic rings. The van der Waals surface area contributed by atoms with Gasteiger partial charge >= 0.3 is 0 Å². The van der Waals surface area contributed by atoms with Crippen molar-refractivity contribution in [1.29, 1.82) is 0 Å². The van der Waals surface area contributed by atoms with E-state index in [-0.39, 0.29) is 5.78 Å². The number of carbonyl (C=O) groups excluding carboxylic acids is 1. The molecule has 1 saturated carbocycles. The fourth-order valence-electron chi connectivity index (χ4n) is 2.30. The van der Waals surface area contributed by atoms with Gasteiger partial charge in [0.1, 0.15) is 0 Å². The number of hydrogen-bond acceptors (Lipinski definition) is 1. The van der Waals surface area contributed by atoms with Crippen molar-refractivity contribution in [3.8, 4) is 0 Å². The predicted molar refractivity (Wildman–Crippen MR) is 72.7 cm³/mol. The number of Topliss-reactive ketones (excluding diaryl/α,β-unsaturated/α-hetero) is 1. The van der Waals surface area contributed by atoms with E-state index in [2.05, 4.69) is 31.9 Å². The highest BCUT2D eigenvalue weighted by Gasteiger charge is 2.20. The monoisotopic (exact) mass is 344 g/mol. The predicted octanol–water partition coefficient (Wildman–Crippen LogP) is 4.97. The third-order valence-corrected chi connectivity index (χ3v) is 4.36. The van der Waals surface area contributed by atoms with E-state index in [1.165, 1.54) is 25.7 Å². The van der Waals surface area contributed by atoms with Gasteiger partial charge in [-0.05, 0) is 24.1 Å². The summed E-state index contributed by atoms with van der Waals surface area (Å²) in [5.41, 5.74) is 0.807. The first-order chi connectivity index (χ1) is 7.66. The van der Waals surface area contributed by atoms with Crippen molar-refractivity contribution in [3.63, 3.8) is 0 Å². The van der Waals surface area contributed by atoms with Crippen molar-refractivity contribution in [1.82, 2.24) is 0 Å². The highest BCUT2D eigenvalue weighted by Crippen LogP contribution is 2.30. The van der Waals surface area contributed by atoms with Gasteiger partial charge in [-0.3, -0.25) is 4.79 Å². The second-order valence-corrected chi connectivity index (χ2v) is 6.17. The van der Waals surface area contributed by atoms with E-state index < -0.39 is 0 Å². The number of ketones is 1. The first-order valence-corrected chi connectivity index (χ1v) is 7.23. The van der Waals surface area contributed by atoms with Crippen LogP contribution in [0.4, 0.5) is 0 Å². The number of halogens is 2. The standard InChI is InChI=1S/C13H14Br2O/c14-10-5-6-12(15)11(8-10)13(16)7-9-3-1-2-4-9/h5-6,8-9H,1-4,7H2. The van der Waals surface area contributed by atoms with E-state index in [0.29, 0.717) is 12.3 Å². The average Bonchev–Trinajstić information content (AvgIpc) is 2.74. The summed E-state index contributed by atoms with van der Waals surface area (Å²) in [5.74, 6) is 0.874. The maximum atomic E-state index is 12.1. The Kier molecular flexibility index (Phi) is 4.20. The Labute approximate surface area is 113 Å². The van der Waals surface area contributed by atoms with Gasteiger partial charge in [0, 0.05) is 20.9 Å². The van der Waals surface area contributed by atoms with Gasteiger partial charge in [-0.1, -0.05) is 57.5 Å². The summed E-state index contributed by atoms with van der Waals surface area (Å²) in [6.45, 7) is 0. The van der Waals surface area contributed by atoms with Crippen LogP contribution in [0, 0.1) is 5.92 Å². The first kappa shape index (κ1) is 12.3. The van der Waals surface area contributed by atoms with Crippen LogP contribution in [0.2, 0.25) is 0 Å². The molecule has 0 N–H and O–H groups in total. The Hall–Kier alpha value is -0.150. The number of hydrogen-bond donors (Lipinski definition) is 0. The van der Waals surface area contributed by atoms with Crippen LogP contribution in [0.1, 0.15) is 42.5 Å². The third kappa shape index (κ3) is 2.95. The summed E-state index contributed by atoms with van der Waals surface area (Å²) in [4.78, 5) is 12.1. The molecule has 0 atom stereocenters. The van der Waals surface area contributed by atoms with Gasteiger partial charge < -0.3 is 0 Å². The van der Waals surface area contributed by atoms with Crippen molar-refractivity contribution in [2.45, 2.75) is 32.1 Å². The summed E-state index contributed by atoms with van der Waals surface area (Å²) in [6, 6.07) is 5.77. The minimum atomic E-state index is 0.264. The van der Waals surface area contributed by atoms with Gasteiger partial charge in [0.2, 0.25) is 0 Å². The van der Waals surface area contributed by atoms with E-state index in [9.17, 15) is 4.79 Å². The van der Waals surface area contributed by atoms with Crippen molar-refractivity contribution < 1.29 is 4.79 Å². The van der Waals surface area contributed by atoms with Crippen LogP contribution < -0.4 is 0 Å². The molecule has 0 radical (unpaired) electrons. The van der Waals surface area contributed by atoms with Gasteiger partial charge in [0.05, 0.1) is 0 Å². The van der Waals surface area contributed by atoms with Gasteiger partial charge in [0.15, 0.2) is 5.78 Å². The van der Waals surface area contributed by atoms with E-state index in [0.717, 1.165) is 14.5 Å². The molecule has 0 unspecified atom stereocenters. The van der Waals surface area contributed by atoms with Crippen LogP contribution in [0.5, 0.6) is 0 Å². The average molecular weight is 346 g/mol. The summed E-state index contributed by atoms with van der Waals surface area (Å²) in [6.07, 6.45) is 5.72. The zero-order chi connectivity index (χ0) is 11.5. The van der Waals surface area contributed by atoms with Crippen molar-refractivity contribution >= 4 is 37.6 Å². The topological polar surface area (TPSA) is 17.1 Å². The molecule has 0 aliphatic heterocycles. The molecule has 1 aromatic carbocycles. The van der Waals surface area contributed by atoms with Gasteiger partial charge in [0.25, 0.3) is 0 Å². The van der Waals surface area contributed by atoms with E-state index in [1.807, 2.05) is 18.2 Å². The van der Waals surface area contributed by atoms with Crippen LogP contribution in [0.15, 0.2) is 27.1 Å². The maximum absolute atomic E-state index is 12.1. The van der Waals surface area contributed by atoms with E-state index in [1.54, 1.807) is 0 Å². The molecule has 1 fully saturated rings. The number of benzene rings is 1. The molecule has 0 heterocycles. The molecule has 0 bridgehead atoms. The molecule has 2 rings (SSSR count). The second kappa shape index (κ2) is 5.46. The zero-order valence-electron chi connectivity index (χ0n) is 9.01. The smallest absolute Gasteiger partial charge is 0.164 e. The zero-order valence-corrected chi connectivity index (χ0v) is 12.2. The van der Waals surface area contributed by atoms with Crippen LogP contribution in [-0.4, -0.2) is 5.78 Å². The number of carbonyl (C=O) groups is 1. The Morgan fingerprint density at radius 2 is 1.94 bits per heavy atom. The highest BCUT2D eigenvalue weighted by atomic mass is 79.9. The SMILES string of the molecule is O=C(CC1CCCC1)c1cc(Br)ccc1Br. The van der Waals surface area contributed by atoms with Crippen LogP contribution in [-0.2, 0) is 0 Å². The lowest BCUT2D eigenvalue weighted by Gasteiger charge is -2.09. The third-order valence-electron chi connectivity index (χ3n) is 3.18. The fourth-order valence-corrected chi connectivity index (χ4v) is 3.13. The maximum Gasteiger partial charge on any atom is 0.164 e. The molecule has 86 valence electrons. The van der Waals surface area contributed by atoms with Crippen LogP contribution >= 0.6 is 31.9 Å². The van der Waals surface area contributed by atoms with Crippen molar-refractivity contribution in [2.75, 3.05) is 0 Å². The Balaban J connectivity index is 2.10.